The van der Waals surface area contributed by atoms with E-state index in [-0.39, 0.29) is 17.3 Å². The first-order valence-electron chi connectivity index (χ1n) is 5.89. The monoisotopic (exact) mass is 273 g/mol. The van der Waals surface area contributed by atoms with E-state index in [1.807, 2.05) is 0 Å². The molecule has 0 fully saturated rings. The van der Waals surface area contributed by atoms with Crippen LogP contribution >= 0.6 is 0 Å². The summed E-state index contributed by atoms with van der Waals surface area (Å²) in [5, 5.41) is 8.60. The standard InChI is InChI=1S/C11H19N3O3S/c12-11-10(6-5-7-13-11)18(16,17)14-8-3-1-2-4-9-15/h5-7,14-15H,1-4,8-9H2,(H2,12,13). The van der Waals surface area contributed by atoms with Crippen molar-refractivity contribution in [3.05, 3.63) is 18.3 Å². The van der Waals surface area contributed by atoms with E-state index in [0.717, 1.165) is 25.7 Å². The third kappa shape index (κ3) is 4.59. The molecule has 4 N–H and O–H groups in total. The highest BCUT2D eigenvalue weighted by molar-refractivity contribution is 7.89. The topological polar surface area (TPSA) is 105 Å². The fraction of sp³-hybridized carbons (Fsp3) is 0.545. The van der Waals surface area contributed by atoms with Crippen molar-refractivity contribution in [2.75, 3.05) is 18.9 Å². The molecule has 0 aliphatic carbocycles. The summed E-state index contributed by atoms with van der Waals surface area (Å²) in [6, 6.07) is 2.96. The number of rotatable bonds is 8. The molecular weight excluding hydrogens is 254 g/mol. The molecule has 0 saturated carbocycles. The predicted molar refractivity (Wildman–Crippen MR) is 69.4 cm³/mol. The van der Waals surface area contributed by atoms with Gasteiger partial charge in [-0.2, -0.15) is 0 Å². The van der Waals surface area contributed by atoms with Crippen LogP contribution < -0.4 is 10.5 Å². The number of unbranched alkanes of at least 4 members (excludes halogenated alkanes) is 3. The lowest BCUT2D eigenvalue weighted by atomic mass is 10.2. The maximum atomic E-state index is 11.9. The third-order valence-electron chi connectivity index (χ3n) is 2.47. The molecule has 0 unspecified atom stereocenters. The molecule has 18 heavy (non-hydrogen) atoms. The summed E-state index contributed by atoms with van der Waals surface area (Å²) in [6.07, 6.45) is 4.71. The van der Waals surface area contributed by atoms with Gasteiger partial charge in [0.05, 0.1) is 0 Å². The Balaban J connectivity index is 2.44. The van der Waals surface area contributed by atoms with Crippen LogP contribution in [-0.4, -0.2) is 31.7 Å². The Kier molecular flexibility index (Phi) is 6.03. The van der Waals surface area contributed by atoms with Gasteiger partial charge in [0.1, 0.15) is 10.7 Å². The van der Waals surface area contributed by atoms with E-state index in [4.69, 9.17) is 10.8 Å². The smallest absolute Gasteiger partial charge is 0.244 e. The molecule has 0 amide bonds. The highest BCUT2D eigenvalue weighted by Gasteiger charge is 2.16. The molecule has 7 heteroatoms. The summed E-state index contributed by atoms with van der Waals surface area (Å²) in [5.74, 6) is 0.00489. The molecule has 0 radical (unpaired) electrons. The van der Waals surface area contributed by atoms with Crippen molar-refractivity contribution in [2.24, 2.45) is 0 Å². The minimum absolute atomic E-state index is 0.00489. The molecule has 1 rings (SSSR count). The highest BCUT2D eigenvalue weighted by atomic mass is 32.2. The lowest BCUT2D eigenvalue weighted by Crippen LogP contribution is -2.25. The summed E-state index contributed by atoms with van der Waals surface area (Å²) in [6.45, 7) is 0.542. The molecule has 0 bridgehead atoms. The number of sulfonamides is 1. The maximum Gasteiger partial charge on any atom is 0.244 e. The molecule has 0 atom stereocenters. The molecule has 0 aliphatic heterocycles. The minimum atomic E-state index is -3.57. The summed E-state index contributed by atoms with van der Waals surface area (Å²) >= 11 is 0. The SMILES string of the molecule is Nc1ncccc1S(=O)(=O)NCCCCCCO. The van der Waals surface area contributed by atoms with Gasteiger partial charge in [-0.1, -0.05) is 12.8 Å². The number of aromatic nitrogens is 1. The number of nitrogens with two attached hydrogens (primary N) is 1. The van der Waals surface area contributed by atoms with Crippen molar-refractivity contribution in [3.8, 4) is 0 Å². The van der Waals surface area contributed by atoms with Gasteiger partial charge in [0.25, 0.3) is 0 Å². The van der Waals surface area contributed by atoms with Gasteiger partial charge >= 0.3 is 0 Å². The first-order chi connectivity index (χ1) is 8.58. The molecule has 1 aromatic heterocycles. The fourth-order valence-corrected chi connectivity index (χ4v) is 2.66. The van der Waals surface area contributed by atoms with Crippen LogP contribution in [0.2, 0.25) is 0 Å². The average Bonchev–Trinajstić information content (AvgIpc) is 2.34. The molecule has 1 heterocycles. The van der Waals surface area contributed by atoms with Crippen molar-refractivity contribution < 1.29 is 13.5 Å². The number of hydrogen-bond donors (Lipinski definition) is 3. The molecule has 0 saturated heterocycles. The van der Waals surface area contributed by atoms with Gasteiger partial charge in [-0.3, -0.25) is 0 Å². The van der Waals surface area contributed by atoms with Gasteiger partial charge in [0.2, 0.25) is 10.0 Å². The van der Waals surface area contributed by atoms with Crippen LogP contribution in [0.15, 0.2) is 23.2 Å². The van der Waals surface area contributed by atoms with Crippen molar-refractivity contribution in [1.29, 1.82) is 0 Å². The van der Waals surface area contributed by atoms with E-state index in [0.29, 0.717) is 6.54 Å². The first kappa shape index (κ1) is 14.9. The lowest BCUT2D eigenvalue weighted by molar-refractivity contribution is 0.282. The maximum absolute atomic E-state index is 11.9. The zero-order valence-electron chi connectivity index (χ0n) is 10.2. The molecule has 0 aliphatic rings. The third-order valence-corrected chi connectivity index (χ3v) is 3.97. The van der Waals surface area contributed by atoms with Crippen LogP contribution in [-0.2, 0) is 10.0 Å². The summed E-state index contributed by atoms with van der Waals surface area (Å²) in [4.78, 5) is 3.76. The molecule has 102 valence electrons. The molecular formula is C11H19N3O3S. The van der Waals surface area contributed by atoms with Crippen LogP contribution in [0.25, 0.3) is 0 Å². The van der Waals surface area contributed by atoms with Gasteiger partial charge in [0, 0.05) is 19.3 Å². The second-order valence-corrected chi connectivity index (χ2v) is 5.66. The van der Waals surface area contributed by atoms with E-state index in [2.05, 4.69) is 9.71 Å². The summed E-state index contributed by atoms with van der Waals surface area (Å²) in [5.41, 5.74) is 5.52. The fourth-order valence-electron chi connectivity index (χ4n) is 1.50. The zero-order chi connectivity index (χ0) is 13.4. The largest absolute Gasteiger partial charge is 0.396 e. The summed E-state index contributed by atoms with van der Waals surface area (Å²) in [7, 11) is -3.57. The molecule has 0 aromatic carbocycles. The Bertz CT molecular complexity index is 462. The number of hydrogen-bond acceptors (Lipinski definition) is 5. The van der Waals surface area contributed by atoms with Crippen molar-refractivity contribution in [1.82, 2.24) is 9.71 Å². The van der Waals surface area contributed by atoms with Crippen LogP contribution in [0.3, 0.4) is 0 Å². The Morgan fingerprint density at radius 1 is 1.28 bits per heavy atom. The normalized spacial score (nSPS) is 11.6. The number of pyridine rings is 1. The van der Waals surface area contributed by atoms with E-state index in [9.17, 15) is 8.42 Å². The van der Waals surface area contributed by atoms with Gasteiger partial charge < -0.3 is 10.8 Å². The Morgan fingerprint density at radius 2 is 2.00 bits per heavy atom. The van der Waals surface area contributed by atoms with E-state index in [1.54, 1.807) is 0 Å². The minimum Gasteiger partial charge on any atom is -0.396 e. The van der Waals surface area contributed by atoms with Crippen LogP contribution in [0.4, 0.5) is 5.82 Å². The van der Waals surface area contributed by atoms with Crippen molar-refractivity contribution in [3.63, 3.8) is 0 Å². The first-order valence-corrected chi connectivity index (χ1v) is 7.37. The lowest BCUT2D eigenvalue weighted by Gasteiger charge is -2.07. The van der Waals surface area contributed by atoms with E-state index < -0.39 is 10.0 Å². The second-order valence-electron chi connectivity index (χ2n) is 3.92. The van der Waals surface area contributed by atoms with E-state index >= 15 is 0 Å². The zero-order valence-corrected chi connectivity index (χ0v) is 11.0. The predicted octanol–water partition coefficient (Wildman–Crippen LogP) is 0.495. The Labute approximate surface area is 107 Å². The second kappa shape index (κ2) is 7.30. The average molecular weight is 273 g/mol. The number of nitrogen functional groups attached to an aromatic ring is 1. The number of nitrogens with one attached hydrogen (secondary N) is 1. The number of nitrogens with zero attached hydrogens (tertiary/aromatic N) is 1. The van der Waals surface area contributed by atoms with Crippen LogP contribution in [0.5, 0.6) is 0 Å². The van der Waals surface area contributed by atoms with Gasteiger partial charge in [-0.15, -0.1) is 0 Å². The summed E-state index contributed by atoms with van der Waals surface area (Å²) < 4.78 is 26.2. The molecule has 0 spiro atoms. The van der Waals surface area contributed by atoms with Gasteiger partial charge in [-0.05, 0) is 25.0 Å². The number of anilines is 1. The highest BCUT2D eigenvalue weighted by Crippen LogP contribution is 2.14. The molecule has 6 nitrogen and oxygen atoms in total. The Morgan fingerprint density at radius 3 is 2.67 bits per heavy atom. The van der Waals surface area contributed by atoms with E-state index in [1.165, 1.54) is 18.3 Å². The number of aliphatic hydroxyl groups excluding tert-OH is 1. The van der Waals surface area contributed by atoms with Crippen molar-refractivity contribution >= 4 is 15.8 Å². The van der Waals surface area contributed by atoms with Crippen LogP contribution in [0.1, 0.15) is 25.7 Å². The van der Waals surface area contributed by atoms with Gasteiger partial charge in [-0.25, -0.2) is 18.1 Å². The van der Waals surface area contributed by atoms with Crippen LogP contribution in [0, 0.1) is 0 Å². The van der Waals surface area contributed by atoms with Gasteiger partial charge in [0.15, 0.2) is 0 Å². The van der Waals surface area contributed by atoms with Crippen molar-refractivity contribution in [2.45, 2.75) is 30.6 Å². The quantitative estimate of drug-likeness (QED) is 0.598. The Hall–Kier alpha value is -1.18. The molecule has 1 aromatic rings. The number of aliphatic hydroxyl groups is 1.